The summed E-state index contributed by atoms with van der Waals surface area (Å²) >= 11 is 5.70. The van der Waals surface area contributed by atoms with Crippen LogP contribution >= 0.6 is 11.6 Å². The van der Waals surface area contributed by atoms with E-state index in [-0.39, 0.29) is 28.0 Å². The van der Waals surface area contributed by atoms with E-state index in [1.807, 2.05) is 0 Å². The number of hydrogen-bond acceptors (Lipinski definition) is 3. The minimum atomic E-state index is -1.23. The lowest BCUT2D eigenvalue weighted by atomic mass is 10.2. The van der Waals surface area contributed by atoms with E-state index in [9.17, 15) is 18.8 Å². The maximum Gasteiger partial charge on any atom is 0.332 e. The second-order valence-corrected chi connectivity index (χ2v) is 5.84. The van der Waals surface area contributed by atoms with Gasteiger partial charge in [-0.25, -0.2) is 9.18 Å². The Hall–Kier alpha value is -2.93. The van der Waals surface area contributed by atoms with Gasteiger partial charge >= 0.3 is 11.7 Å². The fourth-order valence-electron chi connectivity index (χ4n) is 2.62. The Morgan fingerprint density at radius 1 is 1.12 bits per heavy atom. The van der Waals surface area contributed by atoms with Crippen molar-refractivity contribution < 1.29 is 14.3 Å². The normalized spacial score (nSPS) is 11.0. The molecule has 8 heteroatoms. The van der Waals surface area contributed by atoms with Gasteiger partial charge in [-0.3, -0.25) is 18.7 Å². The summed E-state index contributed by atoms with van der Waals surface area (Å²) in [7, 11) is 0. The van der Waals surface area contributed by atoms with E-state index in [4.69, 9.17) is 16.7 Å². The largest absolute Gasteiger partial charge is 0.480 e. The Morgan fingerprint density at radius 2 is 1.84 bits per heavy atom. The first kappa shape index (κ1) is 16.9. The molecule has 0 spiro atoms. The minimum absolute atomic E-state index is 0.0979. The molecule has 3 rings (SSSR count). The van der Waals surface area contributed by atoms with Gasteiger partial charge in [0, 0.05) is 10.6 Å². The van der Waals surface area contributed by atoms with Gasteiger partial charge in [-0.1, -0.05) is 29.8 Å². The zero-order valence-electron chi connectivity index (χ0n) is 12.8. The van der Waals surface area contributed by atoms with Crippen molar-refractivity contribution in [3.8, 4) is 0 Å². The van der Waals surface area contributed by atoms with Crippen LogP contribution in [0.15, 0.2) is 52.1 Å². The fourth-order valence-corrected chi connectivity index (χ4v) is 2.78. The van der Waals surface area contributed by atoms with Crippen LogP contribution in [0.25, 0.3) is 10.9 Å². The van der Waals surface area contributed by atoms with E-state index in [0.29, 0.717) is 0 Å². The molecule has 0 bridgehead atoms. The zero-order chi connectivity index (χ0) is 18.1. The molecular weight excluding hydrogens is 351 g/mol. The Kier molecular flexibility index (Phi) is 4.41. The van der Waals surface area contributed by atoms with Gasteiger partial charge in [0.25, 0.3) is 5.56 Å². The molecule has 0 aliphatic carbocycles. The van der Waals surface area contributed by atoms with Gasteiger partial charge in [0.05, 0.1) is 17.4 Å². The molecular formula is C17H12ClFN2O4. The average Bonchev–Trinajstić information content (AvgIpc) is 2.57. The van der Waals surface area contributed by atoms with Crippen molar-refractivity contribution in [1.82, 2.24) is 9.13 Å². The highest BCUT2D eigenvalue weighted by atomic mass is 35.5. The summed E-state index contributed by atoms with van der Waals surface area (Å²) in [5.74, 6) is -1.88. The number of carboxylic acids is 1. The molecule has 1 N–H and O–H groups in total. The van der Waals surface area contributed by atoms with Crippen LogP contribution in [0.1, 0.15) is 5.56 Å². The summed E-state index contributed by atoms with van der Waals surface area (Å²) < 4.78 is 15.8. The number of aliphatic carboxylic acids is 1. The number of nitrogens with zero attached hydrogens (tertiary/aromatic N) is 2. The highest BCUT2D eigenvalue weighted by Crippen LogP contribution is 2.15. The summed E-state index contributed by atoms with van der Waals surface area (Å²) in [5, 5.41) is 9.42. The third-order valence-corrected chi connectivity index (χ3v) is 4.00. The van der Waals surface area contributed by atoms with Crippen molar-refractivity contribution in [2.45, 2.75) is 13.1 Å². The summed E-state index contributed by atoms with van der Waals surface area (Å²) in [6, 6.07) is 10.1. The van der Waals surface area contributed by atoms with Crippen molar-refractivity contribution in [1.29, 1.82) is 0 Å². The molecule has 0 aliphatic rings. The van der Waals surface area contributed by atoms with Gasteiger partial charge < -0.3 is 5.11 Å². The zero-order valence-corrected chi connectivity index (χ0v) is 13.5. The first-order valence-corrected chi connectivity index (χ1v) is 7.64. The standard InChI is InChI=1S/C17H12ClFN2O4/c18-11-6-5-10(13(19)7-11)8-21-16(24)12-3-1-2-4-14(12)20(17(21)25)9-15(22)23/h1-7H,8-9H2,(H,22,23). The van der Waals surface area contributed by atoms with E-state index in [0.717, 1.165) is 15.2 Å². The molecule has 0 saturated carbocycles. The van der Waals surface area contributed by atoms with Gasteiger partial charge in [0.1, 0.15) is 12.4 Å². The third kappa shape index (κ3) is 3.18. The van der Waals surface area contributed by atoms with Gasteiger partial charge in [-0.05, 0) is 24.3 Å². The quantitative estimate of drug-likeness (QED) is 0.770. The molecule has 0 atom stereocenters. The Labute approximate surface area is 145 Å². The molecule has 0 amide bonds. The van der Waals surface area contributed by atoms with Crippen LogP contribution in [-0.2, 0) is 17.9 Å². The molecule has 0 aliphatic heterocycles. The van der Waals surface area contributed by atoms with Crippen molar-refractivity contribution in [2.75, 3.05) is 0 Å². The van der Waals surface area contributed by atoms with Crippen LogP contribution in [0.3, 0.4) is 0 Å². The third-order valence-electron chi connectivity index (χ3n) is 3.77. The van der Waals surface area contributed by atoms with Gasteiger partial charge in [0.15, 0.2) is 0 Å². The predicted molar refractivity (Wildman–Crippen MR) is 90.6 cm³/mol. The second kappa shape index (κ2) is 6.52. The maximum absolute atomic E-state index is 14.0. The molecule has 25 heavy (non-hydrogen) atoms. The van der Waals surface area contributed by atoms with Gasteiger partial charge in [0.2, 0.25) is 0 Å². The molecule has 6 nitrogen and oxygen atoms in total. The molecule has 128 valence electrons. The van der Waals surface area contributed by atoms with Crippen LogP contribution < -0.4 is 11.2 Å². The minimum Gasteiger partial charge on any atom is -0.480 e. The Morgan fingerprint density at radius 3 is 2.52 bits per heavy atom. The molecule has 0 fully saturated rings. The lowest BCUT2D eigenvalue weighted by molar-refractivity contribution is -0.137. The van der Waals surface area contributed by atoms with Crippen LogP contribution in [0, 0.1) is 5.82 Å². The fraction of sp³-hybridized carbons (Fsp3) is 0.118. The van der Waals surface area contributed by atoms with E-state index in [2.05, 4.69) is 0 Å². The van der Waals surface area contributed by atoms with E-state index >= 15 is 0 Å². The maximum atomic E-state index is 14.0. The predicted octanol–water partition coefficient (Wildman–Crippen LogP) is 2.09. The first-order valence-electron chi connectivity index (χ1n) is 7.26. The van der Waals surface area contributed by atoms with Crippen LogP contribution in [-0.4, -0.2) is 20.2 Å². The highest BCUT2D eigenvalue weighted by Gasteiger charge is 2.16. The number of benzene rings is 2. The summed E-state index contributed by atoms with van der Waals surface area (Å²) in [6.45, 7) is -0.937. The molecule has 1 heterocycles. The summed E-state index contributed by atoms with van der Waals surface area (Å²) in [4.78, 5) is 36.3. The van der Waals surface area contributed by atoms with Crippen molar-refractivity contribution in [2.24, 2.45) is 0 Å². The van der Waals surface area contributed by atoms with Gasteiger partial charge in [-0.2, -0.15) is 0 Å². The molecule has 0 radical (unpaired) electrons. The lowest BCUT2D eigenvalue weighted by Gasteiger charge is -2.13. The molecule has 0 saturated heterocycles. The van der Waals surface area contributed by atoms with E-state index in [1.54, 1.807) is 12.1 Å². The lowest BCUT2D eigenvalue weighted by Crippen LogP contribution is -2.41. The van der Waals surface area contributed by atoms with Crippen molar-refractivity contribution >= 4 is 28.5 Å². The number of carboxylic acid groups (broad SMARTS) is 1. The molecule has 0 unspecified atom stereocenters. The number of hydrogen-bond donors (Lipinski definition) is 1. The van der Waals surface area contributed by atoms with Gasteiger partial charge in [-0.15, -0.1) is 0 Å². The first-order chi connectivity index (χ1) is 11.9. The smallest absolute Gasteiger partial charge is 0.332 e. The Balaban J connectivity index is 2.26. The highest BCUT2D eigenvalue weighted by molar-refractivity contribution is 6.30. The molecule has 1 aromatic heterocycles. The topological polar surface area (TPSA) is 81.3 Å². The van der Waals surface area contributed by atoms with Crippen molar-refractivity contribution in [3.05, 3.63) is 79.7 Å². The number of halogens is 2. The SMILES string of the molecule is O=C(O)Cn1c(=O)n(Cc2ccc(Cl)cc2F)c(=O)c2ccccc21. The Bertz CT molecular complexity index is 1100. The van der Waals surface area contributed by atoms with Crippen LogP contribution in [0.5, 0.6) is 0 Å². The number of para-hydroxylation sites is 1. The van der Waals surface area contributed by atoms with E-state index < -0.39 is 29.6 Å². The average molecular weight is 363 g/mol. The molecule has 3 aromatic rings. The van der Waals surface area contributed by atoms with E-state index in [1.165, 1.54) is 24.3 Å². The second-order valence-electron chi connectivity index (χ2n) is 5.41. The van der Waals surface area contributed by atoms with Crippen molar-refractivity contribution in [3.63, 3.8) is 0 Å². The number of rotatable bonds is 4. The number of fused-ring (bicyclic) bond motifs is 1. The molecule has 2 aromatic carbocycles. The summed E-state index contributed by atoms with van der Waals surface area (Å²) in [6.07, 6.45) is 0. The summed E-state index contributed by atoms with van der Waals surface area (Å²) in [5.41, 5.74) is -1.12. The number of aromatic nitrogens is 2. The number of carbonyl (C=O) groups is 1. The monoisotopic (exact) mass is 362 g/mol. The van der Waals surface area contributed by atoms with Crippen LogP contribution in [0.2, 0.25) is 5.02 Å². The van der Waals surface area contributed by atoms with Crippen LogP contribution in [0.4, 0.5) is 4.39 Å².